The van der Waals surface area contributed by atoms with Gasteiger partial charge in [0.1, 0.15) is 23.4 Å². The second-order valence-corrected chi connectivity index (χ2v) is 17.2. The molecule has 7 rings (SSSR count). The maximum Gasteiger partial charge on any atom is 0.289 e. The number of nitrogens with two attached hydrogens (primary N) is 1. The first-order valence-electron chi connectivity index (χ1n) is 21.7. The Morgan fingerprint density at radius 1 is 0.969 bits per heavy atom. The van der Waals surface area contributed by atoms with Crippen LogP contribution >= 0.6 is 23.2 Å². The zero-order valence-electron chi connectivity index (χ0n) is 36.5. The molecule has 2 atom stereocenters. The molecule has 1 fully saturated rings. The molecule has 6 N–H and O–H groups in total. The minimum Gasteiger partial charge on any atom is -0.508 e. The number of phenolic OH excluding ortho intramolecular Hbond substituents is 2. The number of pyridine rings is 1. The van der Waals surface area contributed by atoms with E-state index in [1.165, 1.54) is 18.2 Å². The monoisotopic (exact) mass is 912 g/mol. The standard InChI is InChI=1S/C47H55Cl2FN10O4/c1-5-53-47(63)46-57-56-45(36-22-35(28(2)3)39(61)23-40(36)62)60(46)34-12-10-30(11-13-34)26-58-19-8-6-7-9-33(16-17-52-18-20-58)59-27-32(25-55-59)31-21-41(44(51)54-24-31)64-29(4)42-37(48)14-15-38(50)43(42)49/h10-15,21-25,27-29,33,52,61-62H,5-9,16-20,26H2,1-4H3,(H2,51,54)(H,53,63)/t29-,33?/m1/s1. The van der Waals surface area contributed by atoms with Crippen LogP contribution in [0.3, 0.4) is 0 Å². The lowest BCUT2D eigenvalue weighted by Crippen LogP contribution is -2.34. The highest BCUT2D eigenvalue weighted by atomic mass is 35.5. The molecular weight excluding hydrogens is 858 g/mol. The molecule has 0 spiro atoms. The van der Waals surface area contributed by atoms with Gasteiger partial charge < -0.3 is 31.3 Å². The molecule has 14 nitrogen and oxygen atoms in total. The van der Waals surface area contributed by atoms with Crippen LogP contribution in [0.25, 0.3) is 28.2 Å². The van der Waals surface area contributed by atoms with Gasteiger partial charge in [0.2, 0.25) is 5.82 Å². The fourth-order valence-corrected chi connectivity index (χ4v) is 8.77. The number of hydrogen-bond donors (Lipinski definition) is 5. The Hall–Kier alpha value is -5.74. The number of benzene rings is 3. The molecular formula is C47H55Cl2FN10O4. The third-order valence-electron chi connectivity index (χ3n) is 11.6. The van der Waals surface area contributed by atoms with Gasteiger partial charge in [0.15, 0.2) is 17.4 Å². The Kier molecular flexibility index (Phi) is 15.1. The average molecular weight is 914 g/mol. The Labute approximate surface area is 382 Å². The molecule has 0 radical (unpaired) electrons. The van der Waals surface area contributed by atoms with Gasteiger partial charge >= 0.3 is 0 Å². The van der Waals surface area contributed by atoms with E-state index in [2.05, 4.69) is 42.8 Å². The summed E-state index contributed by atoms with van der Waals surface area (Å²) in [6, 6.07) is 15.7. The van der Waals surface area contributed by atoms with Crippen LogP contribution in [0.15, 0.2) is 73.2 Å². The largest absolute Gasteiger partial charge is 0.508 e. The molecule has 1 aliphatic heterocycles. The second kappa shape index (κ2) is 20.8. The highest BCUT2D eigenvalue weighted by Crippen LogP contribution is 2.39. The summed E-state index contributed by atoms with van der Waals surface area (Å²) in [5.74, 6) is -0.242. The molecule has 1 aliphatic rings. The van der Waals surface area contributed by atoms with Crippen molar-refractivity contribution < 1.29 is 24.1 Å². The molecule has 3 aromatic carbocycles. The number of rotatable bonds is 12. The van der Waals surface area contributed by atoms with E-state index in [1.54, 1.807) is 29.8 Å². The van der Waals surface area contributed by atoms with Crippen molar-refractivity contribution in [2.24, 2.45) is 0 Å². The van der Waals surface area contributed by atoms with E-state index in [0.717, 1.165) is 81.5 Å². The van der Waals surface area contributed by atoms with Gasteiger partial charge in [-0.25, -0.2) is 9.37 Å². The fourth-order valence-electron chi connectivity index (χ4n) is 8.09. The molecule has 64 heavy (non-hydrogen) atoms. The van der Waals surface area contributed by atoms with Crippen LogP contribution in [-0.2, 0) is 6.54 Å². The molecule has 1 unspecified atom stereocenters. The van der Waals surface area contributed by atoms with Gasteiger partial charge in [-0.15, -0.1) is 10.2 Å². The number of amides is 1. The minimum atomic E-state index is -0.689. The number of phenols is 2. The average Bonchev–Trinajstić information content (AvgIpc) is 3.93. The Balaban J connectivity index is 0.981. The number of carbonyl (C=O) groups is 1. The quantitative estimate of drug-likeness (QED) is 0.0739. The van der Waals surface area contributed by atoms with Crippen molar-refractivity contribution in [3.8, 4) is 45.5 Å². The van der Waals surface area contributed by atoms with Crippen LogP contribution in [0.5, 0.6) is 17.2 Å². The van der Waals surface area contributed by atoms with E-state index in [1.807, 2.05) is 50.0 Å². The third-order valence-corrected chi connectivity index (χ3v) is 12.3. The van der Waals surface area contributed by atoms with Crippen LogP contribution in [0.2, 0.25) is 10.0 Å². The summed E-state index contributed by atoms with van der Waals surface area (Å²) in [7, 11) is 0. The molecule has 0 saturated carbocycles. The molecule has 1 amide bonds. The highest BCUT2D eigenvalue weighted by Gasteiger charge is 2.25. The van der Waals surface area contributed by atoms with Crippen LogP contribution in [-0.4, -0.2) is 83.3 Å². The van der Waals surface area contributed by atoms with Crippen molar-refractivity contribution in [3.63, 3.8) is 0 Å². The Bertz CT molecular complexity index is 2550. The smallest absolute Gasteiger partial charge is 0.289 e. The van der Waals surface area contributed by atoms with Crippen LogP contribution in [0.4, 0.5) is 10.2 Å². The SMILES string of the molecule is CCNC(=O)c1nnc(-c2cc(C(C)C)c(O)cc2O)n1-c1ccc(CN2CCCCCC(n3cc(-c4cnc(N)c(O[C@H](C)c5c(Cl)ccc(F)c5Cl)c4)cn3)CCNCC2)cc1. The lowest BCUT2D eigenvalue weighted by Gasteiger charge is -2.25. The number of hydrogen-bond acceptors (Lipinski definition) is 11. The first-order valence-corrected chi connectivity index (χ1v) is 22.5. The van der Waals surface area contributed by atoms with E-state index >= 15 is 0 Å². The fraction of sp³-hybridized carbons (Fsp3) is 0.383. The first-order chi connectivity index (χ1) is 30.8. The number of halogens is 3. The summed E-state index contributed by atoms with van der Waals surface area (Å²) < 4.78 is 24.1. The van der Waals surface area contributed by atoms with E-state index in [0.29, 0.717) is 45.5 Å². The lowest BCUT2D eigenvalue weighted by atomic mass is 9.98. The van der Waals surface area contributed by atoms with Crippen molar-refractivity contribution in [2.45, 2.75) is 84.4 Å². The number of ether oxygens (including phenoxy) is 1. The number of nitrogen functional groups attached to an aromatic ring is 1. The molecule has 1 saturated heterocycles. The van der Waals surface area contributed by atoms with Crippen LogP contribution in [0.1, 0.15) is 105 Å². The number of aromatic hydroxyl groups is 2. The highest BCUT2D eigenvalue weighted by molar-refractivity contribution is 6.36. The predicted octanol–water partition coefficient (Wildman–Crippen LogP) is 9.24. The van der Waals surface area contributed by atoms with Gasteiger partial charge in [-0.3, -0.25) is 18.9 Å². The van der Waals surface area contributed by atoms with E-state index in [9.17, 15) is 19.4 Å². The van der Waals surface area contributed by atoms with Crippen molar-refractivity contribution >= 4 is 34.9 Å². The van der Waals surface area contributed by atoms with E-state index in [4.69, 9.17) is 38.8 Å². The Morgan fingerprint density at radius 2 is 1.77 bits per heavy atom. The lowest BCUT2D eigenvalue weighted by molar-refractivity contribution is 0.0943. The summed E-state index contributed by atoms with van der Waals surface area (Å²) in [6.07, 6.45) is 9.93. The normalized spacial score (nSPS) is 16.0. The summed E-state index contributed by atoms with van der Waals surface area (Å²) in [5, 5.41) is 41.4. The van der Waals surface area contributed by atoms with Gasteiger partial charge in [0, 0.05) is 72.0 Å². The number of nitrogens with one attached hydrogen (secondary N) is 2. The minimum absolute atomic E-state index is 0.00800. The van der Waals surface area contributed by atoms with Gasteiger partial charge in [-0.05, 0) is 99.6 Å². The predicted molar refractivity (Wildman–Crippen MR) is 248 cm³/mol. The van der Waals surface area contributed by atoms with Gasteiger partial charge in [-0.1, -0.05) is 62.0 Å². The number of carbonyl (C=O) groups excluding carboxylic acids is 1. The summed E-state index contributed by atoms with van der Waals surface area (Å²) in [5.41, 5.74) is 11.0. The molecule has 17 heteroatoms. The molecule has 6 aromatic rings. The first kappa shape index (κ1) is 46.3. The maximum atomic E-state index is 14.2. The molecule has 4 heterocycles. The van der Waals surface area contributed by atoms with Crippen molar-refractivity contribution in [1.29, 1.82) is 0 Å². The summed E-state index contributed by atoms with van der Waals surface area (Å²) in [6.45, 7) is 12.1. The zero-order valence-corrected chi connectivity index (χ0v) is 38.0. The van der Waals surface area contributed by atoms with Gasteiger partial charge in [0.25, 0.3) is 5.91 Å². The maximum absolute atomic E-state index is 14.2. The summed E-state index contributed by atoms with van der Waals surface area (Å²) >= 11 is 12.6. The van der Waals surface area contributed by atoms with Gasteiger partial charge in [0.05, 0.1) is 22.8 Å². The number of anilines is 1. The van der Waals surface area contributed by atoms with Crippen molar-refractivity contribution in [3.05, 3.63) is 112 Å². The van der Waals surface area contributed by atoms with Gasteiger partial charge in [-0.2, -0.15) is 5.10 Å². The zero-order chi connectivity index (χ0) is 45.5. The van der Waals surface area contributed by atoms with Crippen LogP contribution in [0, 0.1) is 5.82 Å². The van der Waals surface area contributed by atoms with E-state index in [-0.39, 0.29) is 46.0 Å². The molecule has 0 bridgehead atoms. The summed E-state index contributed by atoms with van der Waals surface area (Å²) in [4.78, 5) is 20.0. The topological polar surface area (TPSA) is 181 Å². The van der Waals surface area contributed by atoms with Crippen molar-refractivity contribution in [2.75, 3.05) is 38.5 Å². The molecule has 338 valence electrons. The number of aromatic nitrogens is 6. The third kappa shape index (κ3) is 10.6. The molecule has 0 aliphatic carbocycles. The van der Waals surface area contributed by atoms with Crippen LogP contribution < -0.4 is 21.1 Å². The molecule has 3 aromatic heterocycles. The number of nitrogens with zero attached hydrogens (tertiary/aromatic N) is 7. The van der Waals surface area contributed by atoms with E-state index < -0.39 is 11.9 Å². The Morgan fingerprint density at radius 3 is 2.53 bits per heavy atom. The second-order valence-electron chi connectivity index (χ2n) is 16.4. The van der Waals surface area contributed by atoms with Crippen molar-refractivity contribution in [1.82, 2.24) is 45.1 Å².